The van der Waals surface area contributed by atoms with E-state index in [1.54, 1.807) is 0 Å². The van der Waals surface area contributed by atoms with Crippen LogP contribution in [0, 0.1) is 5.41 Å². The van der Waals surface area contributed by atoms with Crippen LogP contribution in [0.1, 0.15) is 40.5 Å². The van der Waals surface area contributed by atoms with Crippen molar-refractivity contribution in [2.75, 3.05) is 19.6 Å². The Balaban J connectivity index is 2.27. The third-order valence-corrected chi connectivity index (χ3v) is 3.00. The van der Waals surface area contributed by atoms with Gasteiger partial charge in [0.05, 0.1) is 0 Å². The Kier molecular flexibility index (Phi) is 4.14. The zero-order valence-electron chi connectivity index (χ0n) is 10.5. The van der Waals surface area contributed by atoms with Gasteiger partial charge in [0.1, 0.15) is 0 Å². The molecule has 0 aromatic heterocycles. The van der Waals surface area contributed by atoms with E-state index in [0.29, 0.717) is 6.04 Å². The average molecular weight is 212 g/mol. The summed E-state index contributed by atoms with van der Waals surface area (Å²) in [5.74, 6) is 0.147. The normalized spacial score (nSPS) is 20.3. The summed E-state index contributed by atoms with van der Waals surface area (Å²) >= 11 is 0. The van der Waals surface area contributed by atoms with E-state index in [1.807, 2.05) is 20.8 Å². The standard InChI is InChI=1S/C12H24N2O/c1-10(14-7-5-6-8-14)9-13-11(15)12(2,3)4/h10H,5-9H2,1-4H3,(H,13,15). The lowest BCUT2D eigenvalue weighted by Gasteiger charge is -2.26. The molecule has 88 valence electrons. The van der Waals surface area contributed by atoms with Crippen LogP contribution >= 0.6 is 0 Å². The second-order valence-electron chi connectivity index (χ2n) is 5.55. The molecular formula is C12H24N2O. The van der Waals surface area contributed by atoms with Crippen molar-refractivity contribution in [3.05, 3.63) is 0 Å². The van der Waals surface area contributed by atoms with Crippen LogP contribution in [-0.4, -0.2) is 36.5 Å². The Bertz CT molecular complexity index is 214. The van der Waals surface area contributed by atoms with Crippen LogP contribution in [0.2, 0.25) is 0 Å². The minimum atomic E-state index is -0.273. The number of rotatable bonds is 3. The highest BCUT2D eigenvalue weighted by Gasteiger charge is 2.23. The number of carbonyl (C=O) groups excluding carboxylic acids is 1. The zero-order chi connectivity index (χ0) is 11.5. The van der Waals surface area contributed by atoms with Crippen molar-refractivity contribution >= 4 is 5.91 Å². The van der Waals surface area contributed by atoms with Crippen molar-refractivity contribution in [3.63, 3.8) is 0 Å². The summed E-state index contributed by atoms with van der Waals surface area (Å²) < 4.78 is 0. The summed E-state index contributed by atoms with van der Waals surface area (Å²) in [6.07, 6.45) is 2.61. The topological polar surface area (TPSA) is 32.3 Å². The van der Waals surface area contributed by atoms with Crippen LogP contribution in [-0.2, 0) is 4.79 Å². The molecule has 0 radical (unpaired) electrons. The van der Waals surface area contributed by atoms with Gasteiger partial charge < -0.3 is 5.32 Å². The van der Waals surface area contributed by atoms with E-state index in [1.165, 1.54) is 25.9 Å². The molecule has 1 saturated heterocycles. The summed E-state index contributed by atoms with van der Waals surface area (Å²) in [5.41, 5.74) is -0.273. The lowest BCUT2D eigenvalue weighted by molar-refractivity contribution is -0.128. The highest BCUT2D eigenvalue weighted by atomic mass is 16.2. The Morgan fingerprint density at radius 3 is 2.33 bits per heavy atom. The molecule has 0 aromatic rings. The number of nitrogens with one attached hydrogen (secondary N) is 1. The monoisotopic (exact) mass is 212 g/mol. The molecule has 15 heavy (non-hydrogen) atoms. The first-order valence-corrected chi connectivity index (χ1v) is 5.93. The number of hydrogen-bond donors (Lipinski definition) is 1. The van der Waals surface area contributed by atoms with Crippen LogP contribution < -0.4 is 5.32 Å². The summed E-state index contributed by atoms with van der Waals surface area (Å²) in [5, 5.41) is 3.02. The summed E-state index contributed by atoms with van der Waals surface area (Å²) in [6.45, 7) is 11.2. The van der Waals surface area contributed by atoms with Gasteiger partial charge in [0.25, 0.3) is 0 Å². The largest absolute Gasteiger partial charge is 0.354 e. The predicted molar refractivity (Wildman–Crippen MR) is 62.7 cm³/mol. The van der Waals surface area contributed by atoms with Crippen LogP contribution in [0.15, 0.2) is 0 Å². The summed E-state index contributed by atoms with van der Waals surface area (Å²) in [6, 6.07) is 0.471. The van der Waals surface area contributed by atoms with Gasteiger partial charge in [-0.3, -0.25) is 9.69 Å². The lowest BCUT2D eigenvalue weighted by atomic mass is 9.95. The van der Waals surface area contributed by atoms with Crippen molar-refractivity contribution in [2.24, 2.45) is 5.41 Å². The highest BCUT2D eigenvalue weighted by molar-refractivity contribution is 5.81. The number of amides is 1. The molecule has 0 aromatic carbocycles. The molecular weight excluding hydrogens is 188 g/mol. The average Bonchev–Trinajstić information content (AvgIpc) is 2.64. The molecule has 1 heterocycles. The first kappa shape index (κ1) is 12.5. The zero-order valence-corrected chi connectivity index (χ0v) is 10.5. The third-order valence-electron chi connectivity index (χ3n) is 3.00. The first-order chi connectivity index (χ1) is 6.91. The van der Waals surface area contributed by atoms with E-state index < -0.39 is 0 Å². The maximum absolute atomic E-state index is 11.7. The molecule has 1 amide bonds. The lowest BCUT2D eigenvalue weighted by Crippen LogP contribution is -2.44. The minimum Gasteiger partial charge on any atom is -0.354 e. The van der Waals surface area contributed by atoms with E-state index >= 15 is 0 Å². The first-order valence-electron chi connectivity index (χ1n) is 5.93. The van der Waals surface area contributed by atoms with Gasteiger partial charge in [0, 0.05) is 18.0 Å². The van der Waals surface area contributed by atoms with Gasteiger partial charge in [0.15, 0.2) is 0 Å². The summed E-state index contributed by atoms with van der Waals surface area (Å²) in [7, 11) is 0. The SMILES string of the molecule is CC(CNC(=O)C(C)(C)C)N1CCCC1. The fourth-order valence-electron chi connectivity index (χ4n) is 1.82. The Hall–Kier alpha value is -0.570. The smallest absolute Gasteiger partial charge is 0.225 e. The summed E-state index contributed by atoms with van der Waals surface area (Å²) in [4.78, 5) is 14.1. The molecule has 1 aliphatic rings. The van der Waals surface area contributed by atoms with Gasteiger partial charge in [-0.15, -0.1) is 0 Å². The maximum atomic E-state index is 11.7. The number of carbonyl (C=O) groups is 1. The molecule has 1 unspecified atom stereocenters. The van der Waals surface area contributed by atoms with Crippen LogP contribution in [0.25, 0.3) is 0 Å². The van der Waals surface area contributed by atoms with Gasteiger partial charge in [-0.25, -0.2) is 0 Å². The van der Waals surface area contributed by atoms with E-state index in [9.17, 15) is 4.79 Å². The van der Waals surface area contributed by atoms with Crippen molar-refractivity contribution in [3.8, 4) is 0 Å². The fourth-order valence-corrected chi connectivity index (χ4v) is 1.82. The van der Waals surface area contributed by atoms with Gasteiger partial charge >= 0.3 is 0 Å². The van der Waals surface area contributed by atoms with E-state index in [-0.39, 0.29) is 11.3 Å². The van der Waals surface area contributed by atoms with Crippen LogP contribution in [0.4, 0.5) is 0 Å². The van der Waals surface area contributed by atoms with Crippen molar-refractivity contribution in [2.45, 2.75) is 46.6 Å². The molecule has 1 atom stereocenters. The number of likely N-dealkylation sites (tertiary alicyclic amines) is 1. The molecule has 3 heteroatoms. The predicted octanol–water partition coefficient (Wildman–Crippen LogP) is 1.63. The van der Waals surface area contributed by atoms with Crippen molar-refractivity contribution < 1.29 is 4.79 Å². The molecule has 1 fully saturated rings. The van der Waals surface area contributed by atoms with Crippen molar-refractivity contribution in [1.82, 2.24) is 10.2 Å². The van der Waals surface area contributed by atoms with Crippen LogP contribution in [0.3, 0.4) is 0 Å². The second-order valence-corrected chi connectivity index (χ2v) is 5.55. The van der Waals surface area contributed by atoms with E-state index in [2.05, 4.69) is 17.1 Å². The second kappa shape index (κ2) is 4.97. The molecule has 0 bridgehead atoms. The number of nitrogens with zero attached hydrogens (tertiary/aromatic N) is 1. The van der Waals surface area contributed by atoms with Crippen LogP contribution in [0.5, 0.6) is 0 Å². The van der Waals surface area contributed by atoms with Crippen molar-refractivity contribution in [1.29, 1.82) is 0 Å². The Labute approximate surface area is 93.2 Å². The quantitative estimate of drug-likeness (QED) is 0.771. The number of hydrogen-bond acceptors (Lipinski definition) is 2. The molecule has 1 aliphatic heterocycles. The third kappa shape index (κ3) is 3.82. The van der Waals surface area contributed by atoms with Gasteiger partial charge in [-0.2, -0.15) is 0 Å². The van der Waals surface area contributed by atoms with Gasteiger partial charge in [0.2, 0.25) is 5.91 Å². The van der Waals surface area contributed by atoms with Gasteiger partial charge in [-0.1, -0.05) is 20.8 Å². The molecule has 3 nitrogen and oxygen atoms in total. The molecule has 0 spiro atoms. The molecule has 1 rings (SSSR count). The van der Waals surface area contributed by atoms with E-state index in [0.717, 1.165) is 6.54 Å². The highest BCUT2D eigenvalue weighted by Crippen LogP contribution is 2.14. The van der Waals surface area contributed by atoms with Gasteiger partial charge in [-0.05, 0) is 32.9 Å². The maximum Gasteiger partial charge on any atom is 0.225 e. The minimum absolute atomic E-state index is 0.147. The fraction of sp³-hybridized carbons (Fsp3) is 0.917. The molecule has 1 N–H and O–H groups in total. The van der Waals surface area contributed by atoms with E-state index in [4.69, 9.17) is 0 Å². The Morgan fingerprint density at radius 1 is 1.33 bits per heavy atom. The molecule has 0 saturated carbocycles. The molecule has 0 aliphatic carbocycles. The Morgan fingerprint density at radius 2 is 1.87 bits per heavy atom.